The van der Waals surface area contributed by atoms with Gasteiger partial charge in [-0.1, -0.05) is 6.92 Å². The quantitative estimate of drug-likeness (QED) is 0.393. The normalized spacial score (nSPS) is 20.6. The Morgan fingerprint density at radius 2 is 1.98 bits per heavy atom. The first-order valence-electron chi connectivity index (χ1n) is 13.6. The van der Waals surface area contributed by atoms with Crippen LogP contribution in [0.2, 0.25) is 0 Å². The van der Waals surface area contributed by atoms with Gasteiger partial charge >= 0.3 is 6.09 Å². The minimum Gasteiger partial charge on any atom is -0.481 e. The topological polar surface area (TPSA) is 159 Å². The number of piperazine rings is 1. The summed E-state index contributed by atoms with van der Waals surface area (Å²) < 4.78 is 10.9. The van der Waals surface area contributed by atoms with Crippen LogP contribution in [-0.4, -0.2) is 96.8 Å². The molecule has 3 aromatic heterocycles. The number of hydrogen-bond donors (Lipinski definition) is 3. The maximum atomic E-state index is 14.1. The van der Waals surface area contributed by atoms with Gasteiger partial charge in [-0.2, -0.15) is 0 Å². The summed E-state index contributed by atoms with van der Waals surface area (Å²) in [6.45, 7) is 7.89. The van der Waals surface area contributed by atoms with Crippen molar-refractivity contribution in [2.75, 3.05) is 31.7 Å². The van der Waals surface area contributed by atoms with Gasteiger partial charge in [0.2, 0.25) is 11.3 Å². The number of aromatic nitrogens is 5. The monoisotopic (exact) mass is 555 g/mol. The molecule has 0 spiro atoms. The van der Waals surface area contributed by atoms with Crippen LogP contribution in [-0.2, 0) is 4.74 Å². The maximum Gasteiger partial charge on any atom is 0.410 e. The highest BCUT2D eigenvalue weighted by atomic mass is 16.6. The fraction of sp³-hybridized carbons (Fsp3) is 0.593. The first-order valence-corrected chi connectivity index (χ1v) is 13.6. The Bertz CT molecular complexity index is 1450. The van der Waals surface area contributed by atoms with Crippen LogP contribution < -0.4 is 15.1 Å². The molecule has 13 heteroatoms. The molecule has 1 aliphatic carbocycles. The molecule has 4 heterocycles. The van der Waals surface area contributed by atoms with Crippen LogP contribution >= 0.6 is 0 Å². The number of hydrogen-bond acceptors (Lipinski definition) is 10. The van der Waals surface area contributed by atoms with Crippen LogP contribution in [0.25, 0.3) is 16.9 Å². The molecule has 0 aromatic carbocycles. The van der Waals surface area contributed by atoms with Crippen molar-refractivity contribution in [2.45, 2.75) is 76.7 Å². The Hall–Kier alpha value is -3.71. The molecule has 2 aliphatic rings. The number of fused-ring (bicyclic) bond motifs is 2. The highest BCUT2D eigenvalue weighted by Crippen LogP contribution is 2.39. The first-order chi connectivity index (χ1) is 19.0. The molecule has 2 unspecified atom stereocenters. The number of aliphatic hydroxyl groups is 2. The summed E-state index contributed by atoms with van der Waals surface area (Å²) in [4.78, 5) is 39.7. The number of aliphatic hydroxyl groups excluding tert-OH is 2. The average Bonchev–Trinajstić information content (AvgIpc) is 3.32. The maximum absolute atomic E-state index is 14.1. The zero-order valence-electron chi connectivity index (χ0n) is 23.5. The zero-order chi connectivity index (χ0) is 28.8. The van der Waals surface area contributed by atoms with E-state index in [0.717, 1.165) is 12.8 Å². The van der Waals surface area contributed by atoms with E-state index in [1.165, 1.54) is 11.9 Å². The Balaban J connectivity index is 1.56. The first kappa shape index (κ1) is 27.8. The zero-order valence-corrected chi connectivity index (χ0v) is 23.5. The number of anilines is 1. The molecule has 216 valence electrons. The molecule has 0 radical (unpaired) electrons. The number of rotatable bonds is 7. The second kappa shape index (κ2) is 10.7. The van der Waals surface area contributed by atoms with Gasteiger partial charge in [0.25, 0.3) is 0 Å². The summed E-state index contributed by atoms with van der Waals surface area (Å²) in [5.74, 6) is 0.0832. The van der Waals surface area contributed by atoms with E-state index in [4.69, 9.17) is 9.47 Å². The lowest BCUT2D eigenvalue weighted by atomic mass is 9.81. The summed E-state index contributed by atoms with van der Waals surface area (Å²) in [5.41, 5.74) is 1.25. The lowest BCUT2D eigenvalue weighted by molar-refractivity contribution is -0.00452. The van der Waals surface area contributed by atoms with Gasteiger partial charge in [0.05, 0.1) is 31.5 Å². The van der Waals surface area contributed by atoms with Gasteiger partial charge in [-0.25, -0.2) is 9.78 Å². The Morgan fingerprint density at radius 3 is 2.62 bits per heavy atom. The van der Waals surface area contributed by atoms with Gasteiger partial charge in [0.1, 0.15) is 11.3 Å². The minimum absolute atomic E-state index is 0.0620. The smallest absolute Gasteiger partial charge is 0.410 e. The second-order valence-corrected chi connectivity index (χ2v) is 11.5. The van der Waals surface area contributed by atoms with E-state index < -0.39 is 11.7 Å². The molecule has 3 aromatic rings. The number of nitrogens with zero attached hydrogens (tertiary/aromatic N) is 6. The largest absolute Gasteiger partial charge is 0.481 e. The van der Waals surface area contributed by atoms with Crippen LogP contribution in [0.1, 0.15) is 58.6 Å². The van der Waals surface area contributed by atoms with E-state index in [1.54, 1.807) is 23.2 Å². The lowest BCUT2D eigenvalue weighted by Crippen LogP contribution is -2.67. The third kappa shape index (κ3) is 5.22. The van der Waals surface area contributed by atoms with E-state index >= 15 is 0 Å². The Labute approximate surface area is 231 Å². The number of ether oxygens (including phenoxy) is 2. The van der Waals surface area contributed by atoms with Gasteiger partial charge in [0.15, 0.2) is 11.2 Å². The predicted molar refractivity (Wildman–Crippen MR) is 147 cm³/mol. The fourth-order valence-electron chi connectivity index (χ4n) is 5.52. The van der Waals surface area contributed by atoms with E-state index in [9.17, 15) is 19.8 Å². The van der Waals surface area contributed by atoms with Crippen molar-refractivity contribution in [2.24, 2.45) is 0 Å². The lowest BCUT2D eigenvalue weighted by Gasteiger charge is -2.54. The molecular weight excluding hydrogens is 518 g/mol. The molecule has 1 aliphatic heterocycles. The summed E-state index contributed by atoms with van der Waals surface area (Å²) in [5, 5.41) is 28.7. The third-order valence-corrected chi connectivity index (χ3v) is 7.54. The van der Waals surface area contributed by atoms with Crippen molar-refractivity contribution in [3.05, 3.63) is 34.2 Å². The van der Waals surface area contributed by atoms with Gasteiger partial charge in [-0.15, -0.1) is 15.0 Å². The standard InChI is InChI=1S/C27H37N7O6/c1-15(12-17(36)14-35)21-23(32-10-11-33(19-7-6-18(19)32)26(38)40-27(2,3)4)24(37)22-25(29-21)31-34(30-22)16-8-9-28-20(13-16)39-5/h8-9,13,15,17-19,35-36H,6-7,10-12,14H2,1-5H3,(H,29,31)/t15?,17?,18-,19-/m0/s1. The van der Waals surface area contributed by atoms with E-state index in [2.05, 4.69) is 25.1 Å². The molecule has 1 saturated carbocycles. The Kier molecular flexibility index (Phi) is 7.44. The number of aromatic amines is 1. The van der Waals surface area contributed by atoms with Gasteiger partial charge < -0.3 is 34.5 Å². The van der Waals surface area contributed by atoms with Gasteiger partial charge in [-0.3, -0.25) is 4.79 Å². The summed E-state index contributed by atoms with van der Waals surface area (Å²) in [7, 11) is 1.51. The van der Waals surface area contributed by atoms with Crippen LogP contribution in [0.3, 0.4) is 0 Å². The number of amides is 1. The number of pyridine rings is 2. The molecule has 40 heavy (non-hydrogen) atoms. The number of nitrogens with one attached hydrogen (secondary N) is 1. The van der Waals surface area contributed by atoms with Crippen molar-refractivity contribution < 1.29 is 24.5 Å². The highest BCUT2D eigenvalue weighted by molar-refractivity contribution is 5.77. The molecule has 4 atom stereocenters. The van der Waals surface area contributed by atoms with Crippen molar-refractivity contribution in [1.82, 2.24) is 29.9 Å². The van der Waals surface area contributed by atoms with Crippen LogP contribution in [0.4, 0.5) is 10.5 Å². The summed E-state index contributed by atoms with van der Waals surface area (Å²) in [6.07, 6.45) is 2.16. The van der Waals surface area contributed by atoms with Crippen LogP contribution in [0.5, 0.6) is 5.88 Å². The third-order valence-electron chi connectivity index (χ3n) is 7.54. The van der Waals surface area contributed by atoms with Crippen molar-refractivity contribution in [1.29, 1.82) is 0 Å². The molecular formula is C27H37N7O6. The number of carbonyl (C=O) groups is 1. The van der Waals surface area contributed by atoms with Crippen LogP contribution in [0, 0.1) is 0 Å². The highest BCUT2D eigenvalue weighted by Gasteiger charge is 2.47. The van der Waals surface area contributed by atoms with E-state index in [1.807, 2.05) is 27.7 Å². The van der Waals surface area contributed by atoms with Gasteiger partial charge in [0, 0.05) is 43.0 Å². The van der Waals surface area contributed by atoms with Crippen molar-refractivity contribution >= 4 is 22.9 Å². The molecule has 0 bridgehead atoms. The van der Waals surface area contributed by atoms with Crippen LogP contribution in [0.15, 0.2) is 23.1 Å². The van der Waals surface area contributed by atoms with E-state index in [0.29, 0.717) is 41.7 Å². The molecule has 13 nitrogen and oxygen atoms in total. The minimum atomic E-state index is -0.942. The summed E-state index contributed by atoms with van der Waals surface area (Å²) >= 11 is 0. The summed E-state index contributed by atoms with van der Waals surface area (Å²) in [6, 6.07) is 3.24. The fourth-order valence-corrected chi connectivity index (χ4v) is 5.52. The van der Waals surface area contributed by atoms with Crippen molar-refractivity contribution in [3.63, 3.8) is 0 Å². The van der Waals surface area contributed by atoms with Crippen molar-refractivity contribution in [3.8, 4) is 11.6 Å². The molecule has 1 amide bonds. The molecule has 1 saturated heterocycles. The number of methoxy groups -OCH3 is 1. The van der Waals surface area contributed by atoms with Gasteiger partial charge in [-0.05, 0) is 46.1 Å². The number of H-pyrrole nitrogens is 1. The molecule has 3 N–H and O–H groups in total. The van der Waals surface area contributed by atoms with E-state index in [-0.39, 0.29) is 48.1 Å². The molecule has 2 fully saturated rings. The number of carbonyl (C=O) groups excluding carboxylic acids is 1. The SMILES string of the molecule is COc1cc(-n2nc3[nH]c(C(C)CC(O)CO)c(N4CCN(C(=O)OC(C)(C)C)[C@H]5CC[C@@H]54)c(=O)c3n2)ccn1. The second-order valence-electron chi connectivity index (χ2n) is 11.5. The predicted octanol–water partition coefficient (Wildman–Crippen LogP) is 1.95. The molecule has 5 rings (SSSR count). The average molecular weight is 556 g/mol. The Morgan fingerprint density at radius 1 is 1.23 bits per heavy atom.